The van der Waals surface area contributed by atoms with Crippen molar-refractivity contribution in [3.63, 3.8) is 0 Å². The van der Waals surface area contributed by atoms with Gasteiger partial charge in [-0.1, -0.05) is 30.3 Å². The van der Waals surface area contributed by atoms with E-state index >= 15 is 0 Å². The maximum Gasteiger partial charge on any atom is 0.220 e. The molecule has 0 radical (unpaired) electrons. The Morgan fingerprint density at radius 2 is 1.84 bits per heavy atom. The van der Waals surface area contributed by atoms with E-state index in [1.165, 1.54) is 12.0 Å². The molecule has 104 valence electrons. The summed E-state index contributed by atoms with van der Waals surface area (Å²) in [4.78, 5) is 11.1. The van der Waals surface area contributed by atoms with Gasteiger partial charge in [0.25, 0.3) is 0 Å². The molecule has 2 rings (SSSR count). The molecule has 1 fully saturated rings. The van der Waals surface area contributed by atoms with E-state index in [0.717, 1.165) is 38.6 Å². The molecule has 3 nitrogen and oxygen atoms in total. The number of carbonyl (C=O) groups is 1. The van der Waals surface area contributed by atoms with E-state index in [-0.39, 0.29) is 11.8 Å². The number of amides is 1. The summed E-state index contributed by atoms with van der Waals surface area (Å²) in [6.07, 6.45) is 6.36. The number of nitrogens with two attached hydrogens (primary N) is 1. The molecule has 1 aliphatic rings. The zero-order valence-electron chi connectivity index (χ0n) is 11.5. The van der Waals surface area contributed by atoms with Gasteiger partial charge < -0.3 is 11.1 Å². The topological polar surface area (TPSA) is 55.1 Å². The van der Waals surface area contributed by atoms with Crippen LogP contribution in [0.25, 0.3) is 0 Å². The highest BCUT2D eigenvalue weighted by molar-refractivity contribution is 5.76. The van der Waals surface area contributed by atoms with Crippen LogP contribution in [-0.4, -0.2) is 18.5 Å². The molecule has 0 saturated heterocycles. The molecule has 1 aliphatic carbocycles. The highest BCUT2D eigenvalue weighted by Crippen LogP contribution is 2.23. The van der Waals surface area contributed by atoms with E-state index < -0.39 is 0 Å². The average molecular weight is 260 g/mol. The second-order valence-electron chi connectivity index (χ2n) is 5.49. The molecule has 0 spiro atoms. The van der Waals surface area contributed by atoms with Crippen molar-refractivity contribution in [3.8, 4) is 0 Å². The molecule has 0 unspecified atom stereocenters. The highest BCUT2D eigenvalue weighted by Gasteiger charge is 2.23. The molecule has 0 atom stereocenters. The Kier molecular flexibility index (Phi) is 5.40. The summed E-state index contributed by atoms with van der Waals surface area (Å²) in [7, 11) is 0. The molecule has 1 aromatic rings. The van der Waals surface area contributed by atoms with Crippen molar-refractivity contribution < 1.29 is 4.79 Å². The predicted molar refractivity (Wildman–Crippen MR) is 77.7 cm³/mol. The lowest BCUT2D eigenvalue weighted by atomic mass is 9.85. The van der Waals surface area contributed by atoms with Gasteiger partial charge in [0.2, 0.25) is 5.91 Å². The summed E-state index contributed by atoms with van der Waals surface area (Å²) in [6.45, 7) is 1.06. The first-order chi connectivity index (χ1) is 9.25. The first-order valence-electron chi connectivity index (χ1n) is 7.32. The maximum atomic E-state index is 11.1. The monoisotopic (exact) mass is 260 g/mol. The summed E-state index contributed by atoms with van der Waals surface area (Å²) in [5.74, 6) is -0.00936. The van der Waals surface area contributed by atoms with E-state index in [1.807, 2.05) is 0 Å². The number of aryl methyl sites for hydroxylation is 1. The molecule has 0 aliphatic heterocycles. The van der Waals surface area contributed by atoms with Gasteiger partial charge in [-0.25, -0.2) is 0 Å². The van der Waals surface area contributed by atoms with E-state index in [4.69, 9.17) is 5.73 Å². The predicted octanol–water partition coefficient (Wildman–Crippen LogP) is 2.25. The van der Waals surface area contributed by atoms with Gasteiger partial charge in [-0.15, -0.1) is 0 Å². The van der Waals surface area contributed by atoms with E-state index in [0.29, 0.717) is 6.04 Å². The van der Waals surface area contributed by atoms with Crippen LogP contribution >= 0.6 is 0 Å². The lowest BCUT2D eigenvalue weighted by Crippen LogP contribution is -2.37. The van der Waals surface area contributed by atoms with E-state index in [2.05, 4.69) is 35.6 Å². The molecule has 19 heavy (non-hydrogen) atoms. The van der Waals surface area contributed by atoms with Crippen LogP contribution in [0.2, 0.25) is 0 Å². The van der Waals surface area contributed by atoms with Crippen LogP contribution in [0.4, 0.5) is 0 Å². The van der Waals surface area contributed by atoms with Crippen molar-refractivity contribution in [2.75, 3.05) is 6.54 Å². The van der Waals surface area contributed by atoms with Crippen LogP contribution < -0.4 is 11.1 Å². The second-order valence-corrected chi connectivity index (χ2v) is 5.49. The molecule has 0 aromatic heterocycles. The van der Waals surface area contributed by atoms with Gasteiger partial charge in [0, 0.05) is 12.0 Å². The Morgan fingerprint density at radius 1 is 1.16 bits per heavy atom. The van der Waals surface area contributed by atoms with Crippen LogP contribution in [0.5, 0.6) is 0 Å². The first kappa shape index (κ1) is 14.1. The SMILES string of the molecule is NC(=O)C1CCC(NCCCc2ccccc2)CC1. The fourth-order valence-corrected chi connectivity index (χ4v) is 2.83. The Balaban J connectivity index is 1.58. The third-order valence-corrected chi connectivity index (χ3v) is 4.05. The Hall–Kier alpha value is -1.35. The maximum absolute atomic E-state index is 11.1. The Labute approximate surface area is 115 Å². The molecular formula is C16H24N2O. The van der Waals surface area contributed by atoms with Crippen LogP contribution in [0.3, 0.4) is 0 Å². The van der Waals surface area contributed by atoms with Crippen molar-refractivity contribution in [1.29, 1.82) is 0 Å². The minimum atomic E-state index is -0.123. The second kappa shape index (κ2) is 7.29. The molecule has 3 N–H and O–H groups in total. The molecule has 0 heterocycles. The van der Waals surface area contributed by atoms with Crippen molar-refractivity contribution >= 4 is 5.91 Å². The molecule has 0 bridgehead atoms. The minimum absolute atomic E-state index is 0.113. The lowest BCUT2D eigenvalue weighted by molar-refractivity contribution is -0.122. The Morgan fingerprint density at radius 3 is 2.47 bits per heavy atom. The number of carbonyl (C=O) groups excluding carboxylic acids is 1. The highest BCUT2D eigenvalue weighted by atomic mass is 16.1. The normalized spacial score (nSPS) is 23.2. The van der Waals surface area contributed by atoms with Crippen molar-refractivity contribution in [2.45, 2.75) is 44.6 Å². The van der Waals surface area contributed by atoms with Gasteiger partial charge in [0.1, 0.15) is 0 Å². The molecule has 3 heteroatoms. The fourth-order valence-electron chi connectivity index (χ4n) is 2.83. The number of benzene rings is 1. The minimum Gasteiger partial charge on any atom is -0.369 e. The molecule has 1 amide bonds. The standard InChI is InChI=1S/C16H24N2O/c17-16(19)14-8-10-15(11-9-14)18-12-4-7-13-5-2-1-3-6-13/h1-3,5-6,14-15,18H,4,7-12H2,(H2,17,19). The molecule has 1 aromatic carbocycles. The largest absolute Gasteiger partial charge is 0.369 e. The van der Waals surface area contributed by atoms with Crippen molar-refractivity contribution in [3.05, 3.63) is 35.9 Å². The van der Waals surface area contributed by atoms with Gasteiger partial charge in [0.15, 0.2) is 0 Å². The van der Waals surface area contributed by atoms with Gasteiger partial charge in [-0.05, 0) is 50.6 Å². The van der Waals surface area contributed by atoms with E-state index in [9.17, 15) is 4.79 Å². The van der Waals surface area contributed by atoms with Crippen molar-refractivity contribution in [2.24, 2.45) is 11.7 Å². The molecular weight excluding hydrogens is 236 g/mol. The van der Waals surface area contributed by atoms with Crippen LogP contribution in [0.15, 0.2) is 30.3 Å². The number of primary amides is 1. The first-order valence-corrected chi connectivity index (χ1v) is 7.32. The zero-order chi connectivity index (χ0) is 13.5. The Bertz CT molecular complexity index is 383. The third kappa shape index (κ3) is 4.67. The summed E-state index contributed by atoms with van der Waals surface area (Å²) in [5.41, 5.74) is 6.74. The summed E-state index contributed by atoms with van der Waals surface area (Å²) < 4.78 is 0. The van der Waals surface area contributed by atoms with Crippen LogP contribution in [-0.2, 0) is 11.2 Å². The van der Waals surface area contributed by atoms with Gasteiger partial charge in [0.05, 0.1) is 0 Å². The molecule has 1 saturated carbocycles. The lowest BCUT2D eigenvalue weighted by Gasteiger charge is -2.27. The van der Waals surface area contributed by atoms with Crippen LogP contribution in [0, 0.1) is 5.92 Å². The van der Waals surface area contributed by atoms with Crippen molar-refractivity contribution in [1.82, 2.24) is 5.32 Å². The number of hydrogen-bond acceptors (Lipinski definition) is 2. The summed E-state index contributed by atoms with van der Waals surface area (Å²) >= 11 is 0. The average Bonchev–Trinajstić information content (AvgIpc) is 2.45. The summed E-state index contributed by atoms with van der Waals surface area (Å²) in [6, 6.07) is 11.2. The van der Waals surface area contributed by atoms with Gasteiger partial charge in [-0.2, -0.15) is 0 Å². The fraction of sp³-hybridized carbons (Fsp3) is 0.562. The third-order valence-electron chi connectivity index (χ3n) is 4.05. The number of hydrogen-bond donors (Lipinski definition) is 2. The van der Waals surface area contributed by atoms with E-state index in [1.54, 1.807) is 0 Å². The summed E-state index contributed by atoms with van der Waals surface area (Å²) in [5, 5.41) is 3.60. The van der Waals surface area contributed by atoms with Crippen LogP contribution in [0.1, 0.15) is 37.7 Å². The quantitative estimate of drug-likeness (QED) is 0.771. The van der Waals surface area contributed by atoms with Gasteiger partial charge >= 0.3 is 0 Å². The van der Waals surface area contributed by atoms with Gasteiger partial charge in [-0.3, -0.25) is 4.79 Å². The smallest absolute Gasteiger partial charge is 0.220 e. The number of rotatable bonds is 6. The number of nitrogens with one attached hydrogen (secondary N) is 1. The zero-order valence-corrected chi connectivity index (χ0v) is 11.5.